The molecule has 2 aromatic rings. The van der Waals surface area contributed by atoms with E-state index < -0.39 is 11.5 Å². The molecular weight excluding hydrogens is 490 g/mol. The first-order valence-electron chi connectivity index (χ1n) is 15.2. The maximum absolute atomic E-state index is 14.1. The number of carbonyl (C=O) groups is 1. The Morgan fingerprint density at radius 1 is 1.05 bits per heavy atom. The molecule has 1 aliphatic carbocycles. The second-order valence-corrected chi connectivity index (χ2v) is 13.0. The van der Waals surface area contributed by atoms with Gasteiger partial charge in [0.25, 0.3) is 5.56 Å². The molecule has 3 heterocycles. The monoisotopic (exact) mass is 537 g/mol. The summed E-state index contributed by atoms with van der Waals surface area (Å²) in [6, 6.07) is 8.99. The number of anilines is 1. The Labute approximate surface area is 232 Å². The fourth-order valence-electron chi connectivity index (χ4n) is 7.63. The van der Waals surface area contributed by atoms with Crippen LogP contribution in [0, 0.1) is 0 Å². The number of hydrogen-bond donors (Lipinski definition) is 2. The van der Waals surface area contributed by atoms with E-state index in [1.54, 1.807) is 0 Å². The molecule has 2 aliphatic heterocycles. The Morgan fingerprint density at radius 2 is 1.69 bits per heavy atom. The molecule has 1 saturated carbocycles. The smallest absolute Gasteiger partial charge is 0.323 e. The van der Waals surface area contributed by atoms with Crippen LogP contribution in [0.1, 0.15) is 104 Å². The molecule has 0 amide bonds. The van der Waals surface area contributed by atoms with Gasteiger partial charge in [-0.2, -0.15) is 0 Å². The van der Waals surface area contributed by atoms with Gasteiger partial charge in [-0.05, 0) is 77.8 Å². The standard InChI is InChI=1S/C31H47N5O3/c1-22(21-24-15-16-30(2,3)36(24)23-11-7-5-4-6-8-12-23)35-26-14-10-9-13-25(26)33-27(28(35)37)34-19-17-31(32,18-20-34)29(38)39/h9-10,13-14,22-24H,4-8,11-12,15-21,32H2,1-3H3,(H,38,39)/t22-,24-/m0/s1. The summed E-state index contributed by atoms with van der Waals surface area (Å²) in [5.74, 6) is -0.565. The van der Waals surface area contributed by atoms with E-state index in [1.807, 2.05) is 33.7 Å². The molecule has 0 unspecified atom stereocenters. The minimum absolute atomic E-state index is 0.0107. The van der Waals surface area contributed by atoms with Gasteiger partial charge in [-0.3, -0.25) is 14.5 Å². The lowest BCUT2D eigenvalue weighted by atomic mass is 9.89. The number of piperidine rings is 1. The van der Waals surface area contributed by atoms with E-state index in [0.29, 0.717) is 43.8 Å². The normalized spacial score (nSPS) is 25.3. The summed E-state index contributed by atoms with van der Waals surface area (Å²) >= 11 is 0. The van der Waals surface area contributed by atoms with Gasteiger partial charge in [0.1, 0.15) is 5.54 Å². The highest BCUT2D eigenvalue weighted by Gasteiger charge is 2.44. The number of benzene rings is 1. The summed E-state index contributed by atoms with van der Waals surface area (Å²) in [6.45, 7) is 7.82. The summed E-state index contributed by atoms with van der Waals surface area (Å²) in [5.41, 5.74) is 6.63. The summed E-state index contributed by atoms with van der Waals surface area (Å²) < 4.78 is 1.96. The highest BCUT2D eigenvalue weighted by atomic mass is 16.4. The number of rotatable bonds is 6. The minimum atomic E-state index is -1.24. The van der Waals surface area contributed by atoms with Crippen LogP contribution in [0.15, 0.2) is 29.1 Å². The fourth-order valence-corrected chi connectivity index (χ4v) is 7.63. The highest BCUT2D eigenvalue weighted by molar-refractivity contribution is 5.79. The van der Waals surface area contributed by atoms with Crippen molar-refractivity contribution in [2.75, 3.05) is 18.0 Å². The fraction of sp³-hybridized carbons (Fsp3) is 0.710. The van der Waals surface area contributed by atoms with Crippen molar-refractivity contribution in [2.24, 2.45) is 5.73 Å². The Balaban J connectivity index is 1.44. The van der Waals surface area contributed by atoms with Crippen LogP contribution in [-0.2, 0) is 4.79 Å². The lowest BCUT2D eigenvalue weighted by Gasteiger charge is -2.44. The molecule has 1 aromatic carbocycles. The van der Waals surface area contributed by atoms with Crippen molar-refractivity contribution in [3.05, 3.63) is 34.6 Å². The number of carboxylic acid groups (broad SMARTS) is 1. The molecule has 2 saturated heterocycles. The molecule has 3 N–H and O–H groups in total. The van der Waals surface area contributed by atoms with Gasteiger partial charge in [0.15, 0.2) is 5.82 Å². The molecule has 214 valence electrons. The number of para-hydroxylation sites is 2. The van der Waals surface area contributed by atoms with E-state index in [-0.39, 0.29) is 17.1 Å². The summed E-state index contributed by atoms with van der Waals surface area (Å²) in [5, 5.41) is 9.56. The Morgan fingerprint density at radius 3 is 2.36 bits per heavy atom. The third kappa shape index (κ3) is 5.60. The van der Waals surface area contributed by atoms with Crippen LogP contribution in [0.5, 0.6) is 0 Å². The first-order valence-corrected chi connectivity index (χ1v) is 15.2. The van der Waals surface area contributed by atoms with E-state index in [2.05, 4.69) is 25.7 Å². The molecule has 0 bridgehead atoms. The van der Waals surface area contributed by atoms with Crippen LogP contribution < -0.4 is 16.2 Å². The molecule has 0 radical (unpaired) electrons. The van der Waals surface area contributed by atoms with Crippen molar-refractivity contribution in [2.45, 2.75) is 127 Å². The van der Waals surface area contributed by atoms with Crippen molar-refractivity contribution in [1.29, 1.82) is 0 Å². The number of aliphatic carboxylic acids is 1. The van der Waals surface area contributed by atoms with Gasteiger partial charge in [0.2, 0.25) is 0 Å². The molecule has 39 heavy (non-hydrogen) atoms. The van der Waals surface area contributed by atoms with Crippen LogP contribution in [-0.4, -0.2) is 61.8 Å². The molecule has 0 spiro atoms. The maximum Gasteiger partial charge on any atom is 0.323 e. The van der Waals surface area contributed by atoms with E-state index in [1.165, 1.54) is 57.8 Å². The zero-order chi connectivity index (χ0) is 27.8. The van der Waals surface area contributed by atoms with Crippen molar-refractivity contribution < 1.29 is 9.90 Å². The molecule has 5 rings (SSSR count). The molecule has 1 aromatic heterocycles. The van der Waals surface area contributed by atoms with Crippen molar-refractivity contribution in [3.63, 3.8) is 0 Å². The predicted molar refractivity (Wildman–Crippen MR) is 156 cm³/mol. The largest absolute Gasteiger partial charge is 0.480 e. The van der Waals surface area contributed by atoms with Crippen LogP contribution in [0.4, 0.5) is 5.82 Å². The lowest BCUT2D eigenvalue weighted by Crippen LogP contribution is -2.56. The molecule has 8 heteroatoms. The third-order valence-electron chi connectivity index (χ3n) is 9.86. The molecular formula is C31H47N5O3. The second-order valence-electron chi connectivity index (χ2n) is 13.0. The average molecular weight is 538 g/mol. The van der Waals surface area contributed by atoms with Gasteiger partial charge in [0.05, 0.1) is 11.0 Å². The van der Waals surface area contributed by atoms with Gasteiger partial charge in [-0.25, -0.2) is 4.98 Å². The number of carboxylic acids is 1. The second kappa shape index (κ2) is 11.2. The van der Waals surface area contributed by atoms with Crippen LogP contribution in [0.3, 0.4) is 0 Å². The summed E-state index contributed by atoms with van der Waals surface area (Å²) in [6.07, 6.45) is 13.1. The van der Waals surface area contributed by atoms with Gasteiger partial charge in [0, 0.05) is 36.8 Å². The number of aromatic nitrogens is 2. The summed E-state index contributed by atoms with van der Waals surface area (Å²) in [4.78, 5) is 35.3. The quantitative estimate of drug-likeness (QED) is 0.529. The maximum atomic E-state index is 14.1. The minimum Gasteiger partial charge on any atom is -0.480 e. The van der Waals surface area contributed by atoms with E-state index >= 15 is 0 Å². The highest BCUT2D eigenvalue weighted by Crippen LogP contribution is 2.41. The van der Waals surface area contributed by atoms with Crippen molar-refractivity contribution in [3.8, 4) is 0 Å². The average Bonchev–Trinajstić information content (AvgIpc) is 3.17. The first kappa shape index (κ1) is 28.1. The molecule has 2 atom stereocenters. The van der Waals surface area contributed by atoms with Crippen molar-refractivity contribution in [1.82, 2.24) is 14.5 Å². The first-order chi connectivity index (χ1) is 18.6. The van der Waals surface area contributed by atoms with Crippen molar-refractivity contribution >= 4 is 22.8 Å². The zero-order valence-electron chi connectivity index (χ0n) is 24.1. The number of fused-ring (bicyclic) bond motifs is 1. The topological polar surface area (TPSA) is 105 Å². The van der Waals surface area contributed by atoms with E-state index in [0.717, 1.165) is 17.5 Å². The van der Waals surface area contributed by atoms with E-state index in [9.17, 15) is 14.7 Å². The van der Waals surface area contributed by atoms with Gasteiger partial charge in [-0.15, -0.1) is 0 Å². The number of nitrogens with two attached hydrogens (primary N) is 1. The van der Waals surface area contributed by atoms with E-state index in [4.69, 9.17) is 10.7 Å². The number of nitrogens with zero attached hydrogens (tertiary/aromatic N) is 4. The summed E-state index contributed by atoms with van der Waals surface area (Å²) in [7, 11) is 0. The Bertz CT molecular complexity index is 1220. The molecule has 3 fully saturated rings. The Hall–Kier alpha value is -2.45. The number of likely N-dealkylation sites (tertiary alicyclic amines) is 1. The van der Waals surface area contributed by atoms with Gasteiger partial charge in [-0.1, -0.05) is 44.2 Å². The zero-order valence-corrected chi connectivity index (χ0v) is 24.1. The number of hydrogen-bond acceptors (Lipinski definition) is 6. The van der Waals surface area contributed by atoms with Crippen LogP contribution in [0.25, 0.3) is 11.0 Å². The third-order valence-corrected chi connectivity index (χ3v) is 9.86. The van der Waals surface area contributed by atoms with Gasteiger partial charge < -0.3 is 20.3 Å². The van der Waals surface area contributed by atoms with Gasteiger partial charge >= 0.3 is 5.97 Å². The molecule has 8 nitrogen and oxygen atoms in total. The van der Waals surface area contributed by atoms with Crippen LogP contribution in [0.2, 0.25) is 0 Å². The lowest BCUT2D eigenvalue weighted by molar-refractivity contribution is -0.144. The Kier molecular flexibility index (Phi) is 8.07. The predicted octanol–water partition coefficient (Wildman–Crippen LogP) is 5.09. The SMILES string of the molecule is C[C@@H](C[C@@H]1CCC(C)(C)N1C1CCCCCCC1)n1c(=O)c(N2CCC(N)(C(=O)O)CC2)nc2ccccc21. The molecule has 3 aliphatic rings. The van der Waals surface area contributed by atoms with Crippen LogP contribution >= 0.6 is 0 Å².